The molecule has 0 aliphatic carbocycles. The zero-order chi connectivity index (χ0) is 12.3. The first-order valence-corrected chi connectivity index (χ1v) is 6.13. The molecule has 5 heteroatoms. The van der Waals surface area contributed by atoms with Crippen LogP contribution in [-0.2, 0) is 0 Å². The second-order valence-corrected chi connectivity index (χ2v) is 5.27. The molecule has 0 bridgehead atoms. The maximum atomic E-state index is 11.9. The van der Waals surface area contributed by atoms with E-state index in [1.165, 1.54) is 11.3 Å². The molecule has 0 aromatic carbocycles. The van der Waals surface area contributed by atoms with Gasteiger partial charge in [0.25, 0.3) is 5.91 Å². The third-order valence-electron chi connectivity index (χ3n) is 2.61. The zero-order valence-electron chi connectivity index (χ0n) is 10.1. The maximum absolute atomic E-state index is 11.9. The van der Waals surface area contributed by atoms with Crippen molar-refractivity contribution >= 4 is 17.2 Å². The van der Waals surface area contributed by atoms with E-state index in [2.05, 4.69) is 10.3 Å². The van der Waals surface area contributed by atoms with E-state index in [-0.39, 0.29) is 24.5 Å². The lowest BCUT2D eigenvalue weighted by Crippen LogP contribution is -2.38. The van der Waals surface area contributed by atoms with Gasteiger partial charge in [0.2, 0.25) is 0 Å². The molecule has 16 heavy (non-hydrogen) atoms. The van der Waals surface area contributed by atoms with E-state index in [9.17, 15) is 4.79 Å². The molecule has 0 saturated carbocycles. The predicted molar refractivity (Wildman–Crippen MR) is 64.8 cm³/mol. The Kier molecular flexibility index (Phi) is 4.44. The molecule has 0 radical (unpaired) electrons. The monoisotopic (exact) mass is 242 g/mol. The van der Waals surface area contributed by atoms with Gasteiger partial charge >= 0.3 is 0 Å². The van der Waals surface area contributed by atoms with E-state index in [1.807, 2.05) is 27.7 Å². The summed E-state index contributed by atoms with van der Waals surface area (Å²) in [7, 11) is 0. The van der Waals surface area contributed by atoms with Crippen LogP contribution in [0.2, 0.25) is 0 Å². The van der Waals surface area contributed by atoms with Gasteiger partial charge in [-0.3, -0.25) is 4.79 Å². The Morgan fingerprint density at radius 1 is 1.50 bits per heavy atom. The van der Waals surface area contributed by atoms with E-state index in [1.54, 1.807) is 0 Å². The summed E-state index contributed by atoms with van der Waals surface area (Å²) in [6, 6.07) is -0.0423. The largest absolute Gasteiger partial charge is 0.396 e. The van der Waals surface area contributed by atoms with Gasteiger partial charge in [-0.25, -0.2) is 4.98 Å². The van der Waals surface area contributed by atoms with Gasteiger partial charge in [0, 0.05) is 12.6 Å². The number of thiazole rings is 1. The molecule has 1 aromatic heterocycles. The highest BCUT2D eigenvalue weighted by Crippen LogP contribution is 2.17. The average Bonchev–Trinajstić information content (AvgIpc) is 2.56. The molecule has 2 atom stereocenters. The summed E-state index contributed by atoms with van der Waals surface area (Å²) in [5.74, 6) is -0.0471. The Balaban J connectivity index is 2.69. The molecular weight excluding hydrogens is 224 g/mol. The van der Waals surface area contributed by atoms with Gasteiger partial charge in [-0.15, -0.1) is 11.3 Å². The first-order valence-electron chi connectivity index (χ1n) is 5.31. The summed E-state index contributed by atoms with van der Waals surface area (Å²) in [5, 5.41) is 12.8. The van der Waals surface area contributed by atoms with E-state index >= 15 is 0 Å². The lowest BCUT2D eigenvalue weighted by atomic mass is 10.1. The first kappa shape index (κ1) is 13.1. The van der Waals surface area contributed by atoms with Crippen LogP contribution in [0.3, 0.4) is 0 Å². The predicted octanol–water partition coefficient (Wildman–Crippen LogP) is 1.51. The first-order chi connectivity index (χ1) is 7.45. The molecule has 1 heterocycles. The number of hydrogen-bond acceptors (Lipinski definition) is 4. The van der Waals surface area contributed by atoms with Crippen LogP contribution in [0.1, 0.15) is 34.2 Å². The number of aliphatic hydroxyl groups is 1. The van der Waals surface area contributed by atoms with Crippen molar-refractivity contribution in [2.75, 3.05) is 6.61 Å². The molecule has 1 amide bonds. The molecule has 0 aliphatic rings. The third-order valence-corrected chi connectivity index (χ3v) is 3.68. The maximum Gasteiger partial charge on any atom is 0.263 e. The number of aromatic nitrogens is 1. The van der Waals surface area contributed by atoms with E-state index in [0.717, 1.165) is 10.7 Å². The minimum absolute atomic E-state index is 0.0423. The van der Waals surface area contributed by atoms with Gasteiger partial charge in [0.05, 0.1) is 10.7 Å². The molecule has 1 rings (SSSR count). The lowest BCUT2D eigenvalue weighted by Gasteiger charge is -2.18. The quantitative estimate of drug-likeness (QED) is 0.841. The number of rotatable bonds is 4. The van der Waals surface area contributed by atoms with Crippen LogP contribution < -0.4 is 5.32 Å². The fourth-order valence-electron chi connectivity index (χ4n) is 1.31. The molecule has 0 fully saturated rings. The molecule has 4 nitrogen and oxygen atoms in total. The number of carbonyl (C=O) groups is 1. The van der Waals surface area contributed by atoms with Crippen molar-refractivity contribution in [1.29, 1.82) is 0 Å². The fraction of sp³-hybridized carbons (Fsp3) is 0.636. The van der Waals surface area contributed by atoms with Crippen molar-refractivity contribution in [3.05, 3.63) is 15.6 Å². The van der Waals surface area contributed by atoms with Crippen LogP contribution in [0.25, 0.3) is 0 Å². The zero-order valence-corrected chi connectivity index (χ0v) is 10.9. The summed E-state index contributed by atoms with van der Waals surface area (Å²) in [4.78, 5) is 16.8. The van der Waals surface area contributed by atoms with Crippen LogP contribution in [-0.4, -0.2) is 28.6 Å². The summed E-state index contributed by atoms with van der Waals surface area (Å²) in [5.41, 5.74) is 0.767. The van der Waals surface area contributed by atoms with Crippen molar-refractivity contribution in [3.63, 3.8) is 0 Å². The minimum atomic E-state index is -0.101. The SMILES string of the molecule is Cc1nc(C)c(C(=O)NC(C)C(C)CO)s1. The van der Waals surface area contributed by atoms with Crippen molar-refractivity contribution in [2.24, 2.45) is 5.92 Å². The summed E-state index contributed by atoms with van der Waals surface area (Å²) in [6.45, 7) is 7.58. The smallest absolute Gasteiger partial charge is 0.263 e. The van der Waals surface area contributed by atoms with Gasteiger partial charge in [-0.2, -0.15) is 0 Å². The number of nitrogens with one attached hydrogen (secondary N) is 1. The highest BCUT2D eigenvalue weighted by molar-refractivity contribution is 7.13. The summed E-state index contributed by atoms with van der Waals surface area (Å²) >= 11 is 1.40. The molecule has 0 spiro atoms. The molecule has 90 valence electrons. The Hall–Kier alpha value is -0.940. The molecule has 0 saturated heterocycles. The molecule has 2 N–H and O–H groups in total. The van der Waals surface area contributed by atoms with Crippen molar-refractivity contribution in [2.45, 2.75) is 33.7 Å². The van der Waals surface area contributed by atoms with Crippen molar-refractivity contribution < 1.29 is 9.90 Å². The molecular formula is C11H18N2O2S. The topological polar surface area (TPSA) is 62.2 Å². The lowest BCUT2D eigenvalue weighted by molar-refractivity contribution is 0.0919. The van der Waals surface area contributed by atoms with E-state index in [4.69, 9.17) is 5.11 Å². The number of amides is 1. The molecule has 1 aromatic rings. The fourth-order valence-corrected chi connectivity index (χ4v) is 2.14. The van der Waals surface area contributed by atoms with Gasteiger partial charge < -0.3 is 10.4 Å². The van der Waals surface area contributed by atoms with Gasteiger partial charge in [0.1, 0.15) is 4.88 Å². The number of hydrogen-bond donors (Lipinski definition) is 2. The van der Waals surface area contributed by atoms with Crippen LogP contribution in [0.4, 0.5) is 0 Å². The standard InChI is InChI=1S/C11H18N2O2S/c1-6(5-14)7(2)13-11(15)10-8(3)12-9(4)16-10/h6-7,14H,5H2,1-4H3,(H,13,15). The second kappa shape index (κ2) is 5.41. The number of aryl methyl sites for hydroxylation is 2. The third kappa shape index (κ3) is 3.02. The number of aliphatic hydroxyl groups excluding tert-OH is 1. The normalized spacial score (nSPS) is 14.6. The summed E-state index contributed by atoms with van der Waals surface area (Å²) < 4.78 is 0. The van der Waals surface area contributed by atoms with Crippen LogP contribution >= 0.6 is 11.3 Å². The Labute approximate surface area is 99.7 Å². The Morgan fingerprint density at radius 3 is 2.56 bits per heavy atom. The van der Waals surface area contributed by atoms with Gasteiger partial charge in [0.15, 0.2) is 0 Å². The van der Waals surface area contributed by atoms with E-state index < -0.39 is 0 Å². The second-order valence-electron chi connectivity index (χ2n) is 4.07. The van der Waals surface area contributed by atoms with Crippen molar-refractivity contribution in [3.8, 4) is 0 Å². The van der Waals surface area contributed by atoms with Gasteiger partial charge in [-0.05, 0) is 26.7 Å². The van der Waals surface area contributed by atoms with Crippen LogP contribution in [0, 0.1) is 19.8 Å². The Bertz CT molecular complexity index is 376. The van der Waals surface area contributed by atoms with Crippen molar-refractivity contribution in [1.82, 2.24) is 10.3 Å². The van der Waals surface area contributed by atoms with Crippen LogP contribution in [0.5, 0.6) is 0 Å². The van der Waals surface area contributed by atoms with Gasteiger partial charge in [-0.1, -0.05) is 6.92 Å². The highest BCUT2D eigenvalue weighted by atomic mass is 32.1. The minimum Gasteiger partial charge on any atom is -0.396 e. The highest BCUT2D eigenvalue weighted by Gasteiger charge is 2.18. The van der Waals surface area contributed by atoms with Crippen LogP contribution in [0.15, 0.2) is 0 Å². The average molecular weight is 242 g/mol. The molecule has 2 unspecified atom stereocenters. The molecule has 0 aliphatic heterocycles. The Morgan fingerprint density at radius 2 is 2.12 bits per heavy atom. The summed E-state index contributed by atoms with van der Waals surface area (Å²) in [6.07, 6.45) is 0. The van der Waals surface area contributed by atoms with E-state index in [0.29, 0.717) is 4.88 Å². The number of nitrogens with zero attached hydrogens (tertiary/aromatic N) is 1. The number of carbonyl (C=O) groups excluding carboxylic acids is 1.